The van der Waals surface area contributed by atoms with Crippen molar-refractivity contribution >= 4 is 12.4 Å². The molecule has 4 heteroatoms. The Labute approximate surface area is 99.6 Å². The zero-order valence-corrected chi connectivity index (χ0v) is 10.6. The van der Waals surface area contributed by atoms with Gasteiger partial charge in [-0.3, -0.25) is 4.90 Å². The molecule has 0 spiro atoms. The molecule has 2 aliphatic heterocycles. The largest absolute Gasteiger partial charge is 0.314 e. The van der Waals surface area contributed by atoms with Crippen molar-refractivity contribution in [2.45, 2.75) is 25.8 Å². The third-order valence-corrected chi connectivity index (χ3v) is 3.44. The van der Waals surface area contributed by atoms with E-state index >= 15 is 0 Å². The second kappa shape index (κ2) is 6.69. The van der Waals surface area contributed by atoms with Gasteiger partial charge < -0.3 is 10.2 Å². The Morgan fingerprint density at radius 3 is 2.53 bits per heavy atom. The second-order valence-electron chi connectivity index (χ2n) is 4.54. The van der Waals surface area contributed by atoms with Crippen LogP contribution in [0.1, 0.15) is 19.8 Å². The lowest BCUT2D eigenvalue weighted by molar-refractivity contribution is 0.149. The quantitative estimate of drug-likeness (QED) is 0.778. The maximum atomic E-state index is 3.36. The fourth-order valence-corrected chi connectivity index (χ4v) is 2.43. The van der Waals surface area contributed by atoms with Gasteiger partial charge in [-0.1, -0.05) is 6.92 Å². The Hall–Kier alpha value is 0.170. The highest BCUT2D eigenvalue weighted by atomic mass is 35.5. The van der Waals surface area contributed by atoms with E-state index in [0.29, 0.717) is 0 Å². The lowest BCUT2D eigenvalue weighted by Crippen LogP contribution is -2.57. The molecule has 15 heavy (non-hydrogen) atoms. The van der Waals surface area contributed by atoms with Crippen molar-refractivity contribution < 1.29 is 0 Å². The first-order chi connectivity index (χ1) is 6.90. The average molecular weight is 234 g/mol. The second-order valence-corrected chi connectivity index (χ2v) is 4.54. The van der Waals surface area contributed by atoms with Crippen molar-refractivity contribution in [2.24, 2.45) is 0 Å². The van der Waals surface area contributed by atoms with Gasteiger partial charge in [0.1, 0.15) is 0 Å². The molecule has 0 aromatic heterocycles. The fourth-order valence-electron chi connectivity index (χ4n) is 2.43. The summed E-state index contributed by atoms with van der Waals surface area (Å²) in [5.74, 6) is 0. The highest BCUT2D eigenvalue weighted by Crippen LogP contribution is 2.10. The molecule has 0 aliphatic carbocycles. The lowest BCUT2D eigenvalue weighted by atomic mass is 10.1. The summed E-state index contributed by atoms with van der Waals surface area (Å²) in [6.45, 7) is 11.2. The first kappa shape index (κ1) is 13.2. The van der Waals surface area contributed by atoms with Crippen molar-refractivity contribution in [1.29, 1.82) is 0 Å². The molecule has 0 saturated carbocycles. The normalized spacial score (nSPS) is 25.4. The molecule has 2 heterocycles. The fraction of sp³-hybridized carbons (Fsp3) is 1.00. The summed E-state index contributed by atoms with van der Waals surface area (Å²) >= 11 is 0. The van der Waals surface area contributed by atoms with Crippen LogP contribution in [-0.2, 0) is 0 Å². The van der Waals surface area contributed by atoms with Crippen LogP contribution in [0.25, 0.3) is 0 Å². The summed E-state index contributed by atoms with van der Waals surface area (Å²) < 4.78 is 0. The predicted octanol–water partition coefficient (Wildman–Crippen LogP) is 0.798. The minimum absolute atomic E-state index is 0. The van der Waals surface area contributed by atoms with E-state index in [-0.39, 0.29) is 12.4 Å². The number of nitrogens with one attached hydrogen (secondary N) is 1. The van der Waals surface area contributed by atoms with E-state index < -0.39 is 0 Å². The van der Waals surface area contributed by atoms with E-state index in [4.69, 9.17) is 0 Å². The maximum Gasteiger partial charge on any atom is 0.0345 e. The van der Waals surface area contributed by atoms with Crippen LogP contribution >= 0.6 is 12.4 Å². The summed E-state index contributed by atoms with van der Waals surface area (Å²) in [6, 6.07) is 0.844. The van der Waals surface area contributed by atoms with E-state index in [1.54, 1.807) is 0 Å². The summed E-state index contributed by atoms with van der Waals surface area (Å²) in [7, 11) is 0. The molecule has 2 rings (SSSR count). The number of nitrogens with zero attached hydrogens (tertiary/aromatic N) is 2. The smallest absolute Gasteiger partial charge is 0.0345 e. The molecule has 1 N–H and O–H groups in total. The number of rotatable bonds is 3. The first-order valence-electron chi connectivity index (χ1n) is 6.07. The molecule has 2 saturated heterocycles. The first-order valence-corrected chi connectivity index (χ1v) is 6.07. The van der Waals surface area contributed by atoms with Crippen molar-refractivity contribution in [3.63, 3.8) is 0 Å². The van der Waals surface area contributed by atoms with Crippen molar-refractivity contribution in [3.05, 3.63) is 0 Å². The maximum absolute atomic E-state index is 3.36. The Bertz CT molecular complexity index is 173. The third-order valence-electron chi connectivity index (χ3n) is 3.44. The van der Waals surface area contributed by atoms with E-state index in [9.17, 15) is 0 Å². The highest BCUT2D eigenvalue weighted by molar-refractivity contribution is 5.85. The number of hydrogen-bond donors (Lipinski definition) is 1. The molecule has 0 bridgehead atoms. The molecule has 0 unspecified atom stereocenters. The molecule has 2 fully saturated rings. The summed E-state index contributed by atoms with van der Waals surface area (Å²) in [5, 5.41) is 3.36. The summed E-state index contributed by atoms with van der Waals surface area (Å²) in [4.78, 5) is 5.29. The van der Waals surface area contributed by atoms with Crippen LogP contribution < -0.4 is 5.32 Å². The van der Waals surface area contributed by atoms with E-state index in [1.165, 1.54) is 58.7 Å². The highest BCUT2D eigenvalue weighted by Gasteiger charge is 2.25. The molecule has 90 valence electrons. The predicted molar refractivity (Wildman–Crippen MR) is 66.8 cm³/mol. The van der Waals surface area contributed by atoms with Crippen LogP contribution in [0, 0.1) is 0 Å². The third kappa shape index (κ3) is 3.59. The van der Waals surface area contributed by atoms with Gasteiger partial charge in [0.05, 0.1) is 0 Å². The standard InChI is InChI=1S/C11H23N3.ClH/c1-2-4-13-5-3-6-14(8-7-13)11-9-12-10-11;/h11-12H,2-10H2,1H3;1H. The molecule has 0 amide bonds. The molecular weight excluding hydrogens is 210 g/mol. The van der Waals surface area contributed by atoms with Crippen molar-refractivity contribution in [1.82, 2.24) is 15.1 Å². The van der Waals surface area contributed by atoms with Crippen LogP contribution in [0.15, 0.2) is 0 Å². The van der Waals surface area contributed by atoms with Gasteiger partial charge in [0.25, 0.3) is 0 Å². The molecule has 0 atom stereocenters. The van der Waals surface area contributed by atoms with Gasteiger partial charge >= 0.3 is 0 Å². The Balaban J connectivity index is 0.00000112. The van der Waals surface area contributed by atoms with Gasteiger partial charge in [-0.2, -0.15) is 0 Å². The number of halogens is 1. The zero-order chi connectivity index (χ0) is 9.80. The Morgan fingerprint density at radius 1 is 1.13 bits per heavy atom. The monoisotopic (exact) mass is 233 g/mol. The lowest BCUT2D eigenvalue weighted by Gasteiger charge is -2.37. The summed E-state index contributed by atoms with van der Waals surface area (Å²) in [6.07, 6.45) is 2.65. The Morgan fingerprint density at radius 2 is 1.93 bits per heavy atom. The van der Waals surface area contributed by atoms with Gasteiger partial charge in [0, 0.05) is 32.2 Å². The van der Waals surface area contributed by atoms with Crippen molar-refractivity contribution in [3.8, 4) is 0 Å². The molecule has 0 radical (unpaired) electrons. The van der Waals surface area contributed by atoms with E-state index in [0.717, 1.165) is 6.04 Å². The number of hydrogen-bond acceptors (Lipinski definition) is 3. The topological polar surface area (TPSA) is 18.5 Å². The van der Waals surface area contributed by atoms with Crippen LogP contribution in [-0.4, -0.2) is 61.7 Å². The molecule has 3 nitrogen and oxygen atoms in total. The molecular formula is C11H24ClN3. The summed E-state index contributed by atoms with van der Waals surface area (Å²) in [5.41, 5.74) is 0. The van der Waals surface area contributed by atoms with Crippen LogP contribution in [0.5, 0.6) is 0 Å². The average Bonchev–Trinajstić information content (AvgIpc) is 2.29. The van der Waals surface area contributed by atoms with Gasteiger partial charge in [-0.05, 0) is 32.5 Å². The van der Waals surface area contributed by atoms with Gasteiger partial charge in [0.15, 0.2) is 0 Å². The molecule has 0 aromatic rings. The van der Waals surface area contributed by atoms with Crippen LogP contribution in [0.4, 0.5) is 0 Å². The van der Waals surface area contributed by atoms with E-state index in [2.05, 4.69) is 22.0 Å². The SMILES string of the molecule is CCCN1CCCN(C2CNC2)CC1.Cl. The van der Waals surface area contributed by atoms with E-state index in [1.807, 2.05) is 0 Å². The van der Waals surface area contributed by atoms with Crippen LogP contribution in [0.3, 0.4) is 0 Å². The molecule has 2 aliphatic rings. The Kier molecular flexibility index (Phi) is 5.90. The zero-order valence-electron chi connectivity index (χ0n) is 9.74. The van der Waals surface area contributed by atoms with Gasteiger partial charge in [-0.25, -0.2) is 0 Å². The van der Waals surface area contributed by atoms with Gasteiger partial charge in [0.2, 0.25) is 0 Å². The minimum Gasteiger partial charge on any atom is -0.314 e. The van der Waals surface area contributed by atoms with Crippen LogP contribution in [0.2, 0.25) is 0 Å². The minimum atomic E-state index is 0. The van der Waals surface area contributed by atoms with Gasteiger partial charge in [-0.15, -0.1) is 12.4 Å². The van der Waals surface area contributed by atoms with Crippen molar-refractivity contribution in [2.75, 3.05) is 45.8 Å². The molecule has 0 aromatic carbocycles.